The Hall–Kier alpha value is -2.85. The summed E-state index contributed by atoms with van der Waals surface area (Å²) in [5, 5.41) is 1.36. The number of benzene rings is 2. The Bertz CT molecular complexity index is 1100. The molecule has 0 spiro atoms. The topological polar surface area (TPSA) is 47.7 Å². The lowest BCUT2D eigenvalue weighted by molar-refractivity contribution is 0.199. The number of para-hydroxylation sites is 1. The molecule has 0 bridgehead atoms. The van der Waals surface area contributed by atoms with Crippen molar-refractivity contribution in [1.29, 1.82) is 0 Å². The van der Waals surface area contributed by atoms with Crippen LogP contribution >= 0.6 is 0 Å². The van der Waals surface area contributed by atoms with Crippen LogP contribution in [-0.2, 0) is 13.0 Å². The normalized spacial score (nSPS) is 17.3. The number of hydrogen-bond donors (Lipinski definition) is 2. The highest BCUT2D eigenvalue weighted by Gasteiger charge is 2.32. The first kappa shape index (κ1) is 16.3. The lowest BCUT2D eigenvalue weighted by atomic mass is 9.91. The highest BCUT2D eigenvalue weighted by Crippen LogP contribution is 2.39. The number of rotatable bonds is 3. The molecule has 1 atom stereocenters. The molecule has 27 heavy (non-hydrogen) atoms. The van der Waals surface area contributed by atoms with Gasteiger partial charge in [0.25, 0.3) is 0 Å². The minimum absolute atomic E-state index is 0.220. The number of nitrogens with zero attached hydrogens (tertiary/aromatic N) is 2. The van der Waals surface area contributed by atoms with Gasteiger partial charge >= 0.3 is 0 Å². The van der Waals surface area contributed by atoms with E-state index in [1.165, 1.54) is 33.3 Å². The largest absolute Gasteiger partial charge is 0.357 e. The summed E-state index contributed by atoms with van der Waals surface area (Å²) in [5.41, 5.74) is 8.96. The number of aromatic nitrogens is 3. The molecule has 4 heteroatoms. The summed E-state index contributed by atoms with van der Waals surface area (Å²) in [6.45, 7) is 6.14. The van der Waals surface area contributed by atoms with Crippen LogP contribution in [0.25, 0.3) is 10.9 Å². The summed E-state index contributed by atoms with van der Waals surface area (Å²) in [5.74, 6) is 0. The monoisotopic (exact) mass is 356 g/mol. The molecule has 0 saturated heterocycles. The van der Waals surface area contributed by atoms with Crippen LogP contribution in [-0.4, -0.2) is 26.4 Å². The van der Waals surface area contributed by atoms with Gasteiger partial charge in [0.1, 0.15) is 0 Å². The molecule has 0 radical (unpaired) electrons. The Labute approximate surface area is 159 Å². The van der Waals surface area contributed by atoms with Crippen molar-refractivity contribution in [2.45, 2.75) is 32.9 Å². The van der Waals surface area contributed by atoms with Gasteiger partial charge in [0, 0.05) is 35.4 Å². The van der Waals surface area contributed by atoms with E-state index in [1.807, 2.05) is 0 Å². The average molecular weight is 356 g/mol. The number of aryl methyl sites for hydroxylation is 2. The van der Waals surface area contributed by atoms with Crippen LogP contribution in [0.3, 0.4) is 0 Å². The van der Waals surface area contributed by atoms with Crippen molar-refractivity contribution in [3.8, 4) is 0 Å². The van der Waals surface area contributed by atoms with E-state index in [0.29, 0.717) is 0 Å². The maximum absolute atomic E-state index is 4.55. The first-order valence-corrected chi connectivity index (χ1v) is 9.59. The van der Waals surface area contributed by atoms with Gasteiger partial charge < -0.3 is 9.97 Å². The fraction of sp³-hybridized carbons (Fsp3) is 0.261. The molecule has 1 unspecified atom stereocenters. The molecular formula is C23H24N4. The summed E-state index contributed by atoms with van der Waals surface area (Å²) >= 11 is 0. The molecule has 1 aliphatic heterocycles. The van der Waals surface area contributed by atoms with Gasteiger partial charge in [-0.15, -0.1) is 0 Å². The maximum Gasteiger partial charge on any atom is 0.0925 e. The van der Waals surface area contributed by atoms with Crippen LogP contribution in [0.5, 0.6) is 0 Å². The molecule has 2 aromatic carbocycles. The highest BCUT2D eigenvalue weighted by molar-refractivity contribution is 5.85. The van der Waals surface area contributed by atoms with Gasteiger partial charge in [-0.25, -0.2) is 4.98 Å². The number of fused-ring (bicyclic) bond motifs is 3. The van der Waals surface area contributed by atoms with Crippen molar-refractivity contribution in [2.24, 2.45) is 0 Å². The molecule has 0 aliphatic carbocycles. The average Bonchev–Trinajstić information content (AvgIpc) is 3.25. The predicted octanol–water partition coefficient (Wildman–Crippen LogP) is 4.66. The van der Waals surface area contributed by atoms with E-state index in [4.69, 9.17) is 0 Å². The zero-order valence-electron chi connectivity index (χ0n) is 15.8. The van der Waals surface area contributed by atoms with E-state index in [-0.39, 0.29) is 6.04 Å². The third kappa shape index (κ3) is 2.77. The van der Waals surface area contributed by atoms with Gasteiger partial charge in [0.2, 0.25) is 0 Å². The van der Waals surface area contributed by atoms with Crippen LogP contribution in [0.15, 0.2) is 54.9 Å². The van der Waals surface area contributed by atoms with Gasteiger partial charge in [0.15, 0.2) is 0 Å². The van der Waals surface area contributed by atoms with E-state index < -0.39 is 0 Å². The third-order valence-corrected chi connectivity index (χ3v) is 5.78. The summed E-state index contributed by atoms with van der Waals surface area (Å²) in [4.78, 5) is 14.1. The Balaban J connectivity index is 1.65. The van der Waals surface area contributed by atoms with Crippen LogP contribution in [0.4, 0.5) is 0 Å². The smallest absolute Gasteiger partial charge is 0.0925 e. The number of aromatic amines is 2. The van der Waals surface area contributed by atoms with Gasteiger partial charge in [-0.05, 0) is 37.5 Å². The fourth-order valence-corrected chi connectivity index (χ4v) is 4.42. The zero-order chi connectivity index (χ0) is 18.4. The molecule has 0 amide bonds. The van der Waals surface area contributed by atoms with Crippen LogP contribution in [0.2, 0.25) is 0 Å². The van der Waals surface area contributed by atoms with Crippen LogP contribution in [0.1, 0.15) is 39.8 Å². The molecule has 3 heterocycles. The number of H-pyrrole nitrogens is 2. The maximum atomic E-state index is 4.55. The summed E-state index contributed by atoms with van der Waals surface area (Å²) < 4.78 is 0. The summed E-state index contributed by atoms with van der Waals surface area (Å²) in [7, 11) is 0. The molecule has 4 nitrogen and oxygen atoms in total. The molecule has 1 aliphatic rings. The van der Waals surface area contributed by atoms with Crippen molar-refractivity contribution < 1.29 is 0 Å². The molecule has 2 aromatic heterocycles. The minimum atomic E-state index is 0.220. The van der Waals surface area contributed by atoms with E-state index in [0.717, 1.165) is 30.9 Å². The van der Waals surface area contributed by atoms with Gasteiger partial charge in [-0.1, -0.05) is 48.0 Å². The highest BCUT2D eigenvalue weighted by atomic mass is 15.2. The predicted molar refractivity (Wildman–Crippen MR) is 109 cm³/mol. The molecule has 136 valence electrons. The van der Waals surface area contributed by atoms with E-state index in [1.54, 1.807) is 6.33 Å². The van der Waals surface area contributed by atoms with Crippen molar-refractivity contribution in [3.63, 3.8) is 0 Å². The second-order valence-electron chi connectivity index (χ2n) is 7.57. The third-order valence-electron chi connectivity index (χ3n) is 5.78. The number of nitrogens with one attached hydrogen (secondary N) is 2. The van der Waals surface area contributed by atoms with E-state index >= 15 is 0 Å². The van der Waals surface area contributed by atoms with Crippen molar-refractivity contribution >= 4 is 10.9 Å². The van der Waals surface area contributed by atoms with Crippen molar-refractivity contribution in [2.75, 3.05) is 6.54 Å². The van der Waals surface area contributed by atoms with E-state index in [9.17, 15) is 0 Å². The standard InChI is InChI=1S/C23H24N4/c1-15-6-5-7-17(12-15)23-22-19(18-8-3-4-9-20(18)26-22)10-11-27(23)13-21-16(2)24-14-25-21/h3-9,12,14,23,26H,10-11,13H2,1-2H3,(H,24,25). The Kier molecular flexibility index (Phi) is 3.87. The Morgan fingerprint density at radius 3 is 2.81 bits per heavy atom. The SMILES string of the molecule is Cc1cccc(C2c3[nH]c4ccccc4c3CCN2Cc2nc[nH]c2C)c1. The molecule has 4 aromatic rings. The fourth-order valence-electron chi connectivity index (χ4n) is 4.42. The van der Waals surface area contributed by atoms with Crippen LogP contribution < -0.4 is 0 Å². The van der Waals surface area contributed by atoms with Crippen LogP contribution in [0, 0.1) is 13.8 Å². The van der Waals surface area contributed by atoms with Gasteiger partial charge in [-0.2, -0.15) is 0 Å². The molecular weight excluding hydrogens is 332 g/mol. The molecule has 2 N–H and O–H groups in total. The lowest BCUT2D eigenvalue weighted by Gasteiger charge is -2.36. The van der Waals surface area contributed by atoms with Gasteiger partial charge in [-0.3, -0.25) is 4.90 Å². The number of imidazole rings is 1. The quantitative estimate of drug-likeness (QED) is 0.561. The number of hydrogen-bond acceptors (Lipinski definition) is 2. The second kappa shape index (κ2) is 6.39. The van der Waals surface area contributed by atoms with E-state index in [2.05, 4.69) is 82.2 Å². The Morgan fingerprint density at radius 2 is 2.00 bits per heavy atom. The second-order valence-corrected chi connectivity index (χ2v) is 7.57. The zero-order valence-corrected chi connectivity index (χ0v) is 15.8. The minimum Gasteiger partial charge on any atom is -0.357 e. The summed E-state index contributed by atoms with van der Waals surface area (Å²) in [6.07, 6.45) is 2.86. The first-order valence-electron chi connectivity index (χ1n) is 9.59. The Morgan fingerprint density at radius 1 is 1.11 bits per heavy atom. The summed E-state index contributed by atoms with van der Waals surface area (Å²) in [6, 6.07) is 17.8. The molecule has 5 rings (SSSR count). The van der Waals surface area contributed by atoms with Crippen molar-refractivity contribution in [1.82, 2.24) is 19.9 Å². The van der Waals surface area contributed by atoms with Gasteiger partial charge in [0.05, 0.1) is 18.1 Å². The molecule has 0 saturated carbocycles. The first-order chi connectivity index (χ1) is 13.2. The molecule has 0 fully saturated rings. The van der Waals surface area contributed by atoms with Crippen molar-refractivity contribution in [3.05, 3.63) is 88.6 Å². The lowest BCUT2D eigenvalue weighted by Crippen LogP contribution is -2.36.